The molecule has 1 unspecified atom stereocenters. The first kappa shape index (κ1) is 9.52. The van der Waals surface area contributed by atoms with Gasteiger partial charge in [-0.05, 0) is 19.8 Å². The largest absolute Gasteiger partial charge is 0.385 e. The van der Waals surface area contributed by atoms with Crippen LogP contribution in [-0.2, 0) is 4.74 Å². The zero-order valence-electron chi connectivity index (χ0n) is 7.11. The van der Waals surface area contributed by atoms with Crippen LogP contribution in [0.2, 0.25) is 0 Å². The second kappa shape index (κ2) is 6.64. The van der Waals surface area contributed by atoms with E-state index in [4.69, 9.17) is 4.74 Å². The second-order valence-corrected chi connectivity index (χ2v) is 2.28. The van der Waals surface area contributed by atoms with E-state index in [1.807, 2.05) is 6.92 Å². The molecule has 0 saturated carbocycles. The van der Waals surface area contributed by atoms with Gasteiger partial charge < -0.3 is 4.74 Å². The quantitative estimate of drug-likeness (QED) is 0.543. The van der Waals surface area contributed by atoms with Gasteiger partial charge in [-0.25, -0.2) is 0 Å². The predicted molar refractivity (Wildman–Crippen MR) is 43.7 cm³/mol. The summed E-state index contributed by atoms with van der Waals surface area (Å²) >= 11 is 0. The molecule has 1 atom stereocenters. The van der Waals surface area contributed by atoms with Crippen molar-refractivity contribution in [3.63, 3.8) is 0 Å². The van der Waals surface area contributed by atoms with Gasteiger partial charge >= 0.3 is 0 Å². The minimum Gasteiger partial charge on any atom is -0.385 e. The van der Waals surface area contributed by atoms with Crippen molar-refractivity contribution >= 4 is 0 Å². The lowest BCUT2D eigenvalue weighted by Gasteiger charge is -2.04. The van der Waals surface area contributed by atoms with E-state index in [2.05, 4.69) is 18.8 Å². The summed E-state index contributed by atoms with van der Waals surface area (Å²) in [4.78, 5) is 0. The molecule has 0 aromatic carbocycles. The Bertz CT molecular complexity index is 118. The van der Waals surface area contributed by atoms with Crippen molar-refractivity contribution in [3.05, 3.63) is 0 Å². The molecule has 0 aliphatic rings. The third-order valence-corrected chi connectivity index (χ3v) is 1.51. The fourth-order valence-corrected chi connectivity index (χ4v) is 0.843. The average molecular weight is 140 g/mol. The van der Waals surface area contributed by atoms with Gasteiger partial charge in [-0.2, -0.15) is 0 Å². The Balaban J connectivity index is 3.46. The van der Waals surface area contributed by atoms with Crippen LogP contribution in [0, 0.1) is 17.8 Å². The molecule has 1 heteroatoms. The highest BCUT2D eigenvalue weighted by Gasteiger charge is 1.99. The topological polar surface area (TPSA) is 9.23 Å². The van der Waals surface area contributed by atoms with Crippen molar-refractivity contribution in [1.29, 1.82) is 0 Å². The van der Waals surface area contributed by atoms with Gasteiger partial charge in [0.25, 0.3) is 0 Å². The van der Waals surface area contributed by atoms with E-state index >= 15 is 0 Å². The van der Waals surface area contributed by atoms with E-state index < -0.39 is 0 Å². The smallest absolute Gasteiger partial charge is 0.0474 e. The number of methoxy groups -OCH3 is 1. The van der Waals surface area contributed by atoms with Gasteiger partial charge in [0.15, 0.2) is 0 Å². The molecule has 0 N–H and O–H groups in total. The van der Waals surface area contributed by atoms with Crippen molar-refractivity contribution in [3.8, 4) is 11.8 Å². The molecular formula is C9H16O. The van der Waals surface area contributed by atoms with Crippen LogP contribution in [0.25, 0.3) is 0 Å². The molecule has 0 spiro atoms. The fourth-order valence-electron chi connectivity index (χ4n) is 0.843. The first-order chi connectivity index (χ1) is 4.85. The highest BCUT2D eigenvalue weighted by molar-refractivity contribution is 5.00. The lowest BCUT2D eigenvalue weighted by Crippen LogP contribution is -1.99. The summed E-state index contributed by atoms with van der Waals surface area (Å²) in [6.45, 7) is 4.87. The zero-order chi connectivity index (χ0) is 7.82. The Morgan fingerprint density at radius 2 is 2.20 bits per heavy atom. The van der Waals surface area contributed by atoms with E-state index in [0.29, 0.717) is 5.92 Å². The van der Waals surface area contributed by atoms with Crippen LogP contribution in [0.5, 0.6) is 0 Å². The number of hydrogen-bond donors (Lipinski definition) is 0. The standard InChI is InChI=1S/C9H16O/c1-4-6-9(5-2)7-8-10-3/h9H,5,7-8H2,1-3H3. The van der Waals surface area contributed by atoms with Crippen molar-refractivity contribution < 1.29 is 4.74 Å². The van der Waals surface area contributed by atoms with Gasteiger partial charge in [-0.15, -0.1) is 11.8 Å². The highest BCUT2D eigenvalue weighted by atomic mass is 16.5. The van der Waals surface area contributed by atoms with E-state index in [1.54, 1.807) is 7.11 Å². The molecule has 0 fully saturated rings. The van der Waals surface area contributed by atoms with Crippen molar-refractivity contribution in [2.45, 2.75) is 26.7 Å². The van der Waals surface area contributed by atoms with Gasteiger partial charge in [0.05, 0.1) is 0 Å². The lowest BCUT2D eigenvalue weighted by atomic mass is 10.0. The fraction of sp³-hybridized carbons (Fsp3) is 0.778. The van der Waals surface area contributed by atoms with Crippen LogP contribution in [0.1, 0.15) is 26.7 Å². The minimum absolute atomic E-state index is 0.532. The Hall–Kier alpha value is -0.480. The molecule has 0 aromatic rings. The van der Waals surface area contributed by atoms with Crippen molar-refractivity contribution in [1.82, 2.24) is 0 Å². The Kier molecular flexibility index (Phi) is 6.32. The maximum Gasteiger partial charge on any atom is 0.0474 e. The maximum absolute atomic E-state index is 4.95. The molecule has 10 heavy (non-hydrogen) atoms. The van der Waals surface area contributed by atoms with Crippen LogP contribution in [0.3, 0.4) is 0 Å². The van der Waals surface area contributed by atoms with Crippen LogP contribution < -0.4 is 0 Å². The molecule has 0 rings (SSSR count). The molecule has 0 heterocycles. The summed E-state index contributed by atoms with van der Waals surface area (Å²) in [5.74, 6) is 6.59. The summed E-state index contributed by atoms with van der Waals surface area (Å²) < 4.78 is 4.95. The molecule has 58 valence electrons. The van der Waals surface area contributed by atoms with E-state index in [-0.39, 0.29) is 0 Å². The van der Waals surface area contributed by atoms with Gasteiger partial charge in [0, 0.05) is 19.6 Å². The molecule has 1 nitrogen and oxygen atoms in total. The van der Waals surface area contributed by atoms with Crippen LogP contribution in [0.15, 0.2) is 0 Å². The van der Waals surface area contributed by atoms with Crippen LogP contribution in [0.4, 0.5) is 0 Å². The van der Waals surface area contributed by atoms with E-state index in [9.17, 15) is 0 Å². The molecule has 0 aromatic heterocycles. The predicted octanol–water partition coefficient (Wildman–Crippen LogP) is 2.07. The van der Waals surface area contributed by atoms with Crippen molar-refractivity contribution in [2.75, 3.05) is 13.7 Å². The minimum atomic E-state index is 0.532. The molecule has 0 radical (unpaired) electrons. The van der Waals surface area contributed by atoms with Gasteiger partial charge in [-0.1, -0.05) is 6.92 Å². The molecule has 0 saturated heterocycles. The summed E-state index contributed by atoms with van der Waals surface area (Å²) in [6.07, 6.45) is 2.19. The SMILES string of the molecule is CC#CC(CC)CCOC. The summed E-state index contributed by atoms with van der Waals surface area (Å²) in [5.41, 5.74) is 0. The third-order valence-electron chi connectivity index (χ3n) is 1.51. The molecular weight excluding hydrogens is 124 g/mol. The normalized spacial score (nSPS) is 11.9. The lowest BCUT2D eigenvalue weighted by molar-refractivity contribution is 0.184. The summed E-state index contributed by atoms with van der Waals surface area (Å²) in [6, 6.07) is 0. The molecule has 0 aliphatic heterocycles. The third kappa shape index (κ3) is 4.40. The van der Waals surface area contributed by atoms with E-state index in [1.165, 1.54) is 0 Å². The Morgan fingerprint density at radius 1 is 1.50 bits per heavy atom. The van der Waals surface area contributed by atoms with Crippen molar-refractivity contribution in [2.24, 2.45) is 5.92 Å². The monoisotopic (exact) mass is 140 g/mol. The van der Waals surface area contributed by atoms with Gasteiger partial charge in [-0.3, -0.25) is 0 Å². The number of hydrogen-bond acceptors (Lipinski definition) is 1. The zero-order valence-corrected chi connectivity index (χ0v) is 7.11. The highest BCUT2D eigenvalue weighted by Crippen LogP contribution is 2.05. The Labute approximate surface area is 63.8 Å². The van der Waals surface area contributed by atoms with Crippen LogP contribution >= 0.6 is 0 Å². The summed E-state index contributed by atoms with van der Waals surface area (Å²) in [5, 5.41) is 0. The molecule has 0 bridgehead atoms. The first-order valence-corrected chi connectivity index (χ1v) is 3.76. The number of ether oxygens (including phenoxy) is 1. The van der Waals surface area contributed by atoms with Crippen LogP contribution in [-0.4, -0.2) is 13.7 Å². The summed E-state index contributed by atoms with van der Waals surface area (Å²) in [7, 11) is 1.73. The molecule has 0 aliphatic carbocycles. The van der Waals surface area contributed by atoms with Gasteiger partial charge in [0.2, 0.25) is 0 Å². The molecule has 0 amide bonds. The van der Waals surface area contributed by atoms with Gasteiger partial charge in [0.1, 0.15) is 0 Å². The van der Waals surface area contributed by atoms with E-state index in [0.717, 1.165) is 19.4 Å². The first-order valence-electron chi connectivity index (χ1n) is 3.76. The maximum atomic E-state index is 4.95. The average Bonchev–Trinajstić information content (AvgIpc) is 1.98. The Morgan fingerprint density at radius 3 is 2.60 bits per heavy atom. The second-order valence-electron chi connectivity index (χ2n) is 2.28. The number of rotatable bonds is 4.